The topological polar surface area (TPSA) is 113 Å². The van der Waals surface area contributed by atoms with Crippen molar-refractivity contribution in [2.45, 2.75) is 61.4 Å². The molecule has 0 aromatic heterocycles. The van der Waals surface area contributed by atoms with Crippen LogP contribution >= 0.6 is 0 Å². The van der Waals surface area contributed by atoms with Crippen molar-refractivity contribution in [1.82, 2.24) is 0 Å². The largest absolute Gasteiger partial charge is 0.382 e. The van der Waals surface area contributed by atoms with Gasteiger partial charge in [0.05, 0.1) is 13.2 Å². The Morgan fingerprint density at radius 1 is 0.567 bits per heavy atom. The summed E-state index contributed by atoms with van der Waals surface area (Å²) >= 11 is 0. The Bertz CT molecular complexity index is 481. The molecule has 30 heavy (non-hydrogen) atoms. The van der Waals surface area contributed by atoms with Crippen molar-refractivity contribution in [1.29, 1.82) is 0 Å². The summed E-state index contributed by atoms with van der Waals surface area (Å²) in [4.78, 5) is 0. The fourth-order valence-corrected chi connectivity index (χ4v) is 4.14. The lowest BCUT2D eigenvalue weighted by atomic mass is 9.97. The van der Waals surface area contributed by atoms with Crippen molar-refractivity contribution in [3.8, 4) is 0 Å². The van der Waals surface area contributed by atoms with E-state index in [4.69, 9.17) is 47.4 Å². The summed E-state index contributed by atoms with van der Waals surface area (Å²) in [5, 5.41) is 10.3. The molecule has 0 aliphatic carbocycles. The van der Waals surface area contributed by atoms with Crippen LogP contribution in [-0.2, 0) is 47.4 Å². The van der Waals surface area contributed by atoms with Crippen LogP contribution in [0.5, 0.6) is 0 Å². The maximum Gasteiger partial charge on any atom is 0.187 e. The SMILES string of the molecule is COC[C@H]1O[C@@H](OC[C@H]2O[C@H](O)[C@H](OC)[C@@H](OC)[C@@H]2OC)[C@H](OC)[C@@H](OC)[C@H]1OC. The van der Waals surface area contributed by atoms with Crippen LogP contribution in [0.25, 0.3) is 0 Å². The molecule has 0 radical (unpaired) electrons. The summed E-state index contributed by atoms with van der Waals surface area (Å²) in [5.41, 5.74) is 0. The first-order valence-electron chi connectivity index (χ1n) is 9.77. The molecule has 1 N–H and O–H groups in total. The zero-order chi connectivity index (χ0) is 22.3. The van der Waals surface area contributed by atoms with Gasteiger partial charge < -0.3 is 52.5 Å². The quantitative estimate of drug-likeness (QED) is 0.435. The Kier molecular flexibility index (Phi) is 10.8. The second-order valence-electron chi connectivity index (χ2n) is 7.10. The van der Waals surface area contributed by atoms with Gasteiger partial charge in [-0.2, -0.15) is 0 Å². The molecule has 11 heteroatoms. The number of methoxy groups -OCH3 is 7. The lowest BCUT2D eigenvalue weighted by Crippen LogP contribution is -2.63. The van der Waals surface area contributed by atoms with Crippen molar-refractivity contribution < 1.29 is 52.5 Å². The summed E-state index contributed by atoms with van der Waals surface area (Å²) in [5.74, 6) is 0. The van der Waals surface area contributed by atoms with Gasteiger partial charge in [-0.15, -0.1) is 0 Å². The van der Waals surface area contributed by atoms with Gasteiger partial charge in [-0.05, 0) is 0 Å². The minimum atomic E-state index is -1.20. The van der Waals surface area contributed by atoms with Crippen molar-refractivity contribution in [3.05, 3.63) is 0 Å². The van der Waals surface area contributed by atoms with Crippen molar-refractivity contribution in [2.75, 3.05) is 63.0 Å². The van der Waals surface area contributed by atoms with Crippen LogP contribution in [0.1, 0.15) is 0 Å². The lowest BCUT2D eigenvalue weighted by Gasteiger charge is -2.46. The van der Waals surface area contributed by atoms with Crippen LogP contribution < -0.4 is 0 Å². The highest BCUT2D eigenvalue weighted by Gasteiger charge is 2.50. The Morgan fingerprint density at radius 3 is 1.50 bits per heavy atom. The van der Waals surface area contributed by atoms with E-state index in [1.54, 1.807) is 28.4 Å². The van der Waals surface area contributed by atoms with Crippen LogP contribution in [0, 0.1) is 0 Å². The normalized spacial score (nSPS) is 42.4. The molecule has 0 aromatic rings. The molecule has 0 aromatic carbocycles. The molecule has 2 fully saturated rings. The lowest BCUT2D eigenvalue weighted by molar-refractivity contribution is -0.336. The third-order valence-corrected chi connectivity index (χ3v) is 5.59. The molecule has 2 aliphatic heterocycles. The standard InChI is InChI=1S/C19H36O11/c1-21-8-10-12(22-2)15(25-5)17(27-7)19(30-10)28-9-11-13(23-3)14(24-4)16(26-6)18(20)29-11/h10-20H,8-9H2,1-7H3/t10-,11-,12+,13-,14+,15+,16-,17-,18+,19-/m1/s1. The number of hydrogen-bond donors (Lipinski definition) is 1. The zero-order valence-electron chi connectivity index (χ0n) is 18.7. The molecule has 2 rings (SSSR count). The fraction of sp³-hybridized carbons (Fsp3) is 1.00. The Balaban J connectivity index is 2.12. The van der Waals surface area contributed by atoms with E-state index in [2.05, 4.69) is 0 Å². The smallest absolute Gasteiger partial charge is 0.187 e. The maximum atomic E-state index is 10.3. The van der Waals surface area contributed by atoms with Crippen LogP contribution in [0.4, 0.5) is 0 Å². The van der Waals surface area contributed by atoms with E-state index in [1.165, 1.54) is 21.3 Å². The summed E-state index contributed by atoms with van der Waals surface area (Å²) < 4.78 is 56.1. The van der Waals surface area contributed by atoms with E-state index < -0.39 is 61.4 Å². The Labute approximate surface area is 177 Å². The van der Waals surface area contributed by atoms with Crippen LogP contribution in [0.15, 0.2) is 0 Å². The molecule has 2 heterocycles. The summed E-state index contributed by atoms with van der Waals surface area (Å²) in [6.45, 7) is 0.333. The van der Waals surface area contributed by atoms with Gasteiger partial charge in [0.2, 0.25) is 0 Å². The molecule has 178 valence electrons. The van der Waals surface area contributed by atoms with E-state index in [0.717, 1.165) is 0 Å². The predicted octanol–water partition coefficient (Wildman–Crippen LogP) is -0.818. The average Bonchev–Trinajstić information content (AvgIpc) is 2.76. The number of ether oxygens (including phenoxy) is 10. The van der Waals surface area contributed by atoms with Gasteiger partial charge in [0.1, 0.15) is 48.8 Å². The third kappa shape index (κ3) is 5.48. The molecule has 2 saturated heterocycles. The molecule has 11 nitrogen and oxygen atoms in total. The highest BCUT2D eigenvalue weighted by molar-refractivity contribution is 4.94. The number of aliphatic hydroxyl groups is 1. The first-order valence-corrected chi connectivity index (χ1v) is 9.77. The second-order valence-corrected chi connectivity index (χ2v) is 7.10. The Morgan fingerprint density at radius 2 is 1.03 bits per heavy atom. The average molecular weight is 440 g/mol. The zero-order valence-corrected chi connectivity index (χ0v) is 18.7. The molecular formula is C19H36O11. The van der Waals surface area contributed by atoms with Crippen LogP contribution in [-0.4, -0.2) is 130 Å². The number of rotatable bonds is 11. The number of hydrogen-bond acceptors (Lipinski definition) is 11. The second kappa shape index (κ2) is 12.6. The summed E-state index contributed by atoms with van der Waals surface area (Å²) in [6, 6.07) is 0. The molecular weight excluding hydrogens is 404 g/mol. The minimum Gasteiger partial charge on any atom is -0.382 e. The van der Waals surface area contributed by atoms with E-state index in [9.17, 15) is 5.11 Å². The summed E-state index contributed by atoms with van der Waals surface area (Å²) in [6.07, 6.45) is -6.23. The van der Waals surface area contributed by atoms with Gasteiger partial charge in [0.15, 0.2) is 12.6 Å². The Hall–Kier alpha value is -0.440. The van der Waals surface area contributed by atoms with Crippen molar-refractivity contribution >= 4 is 0 Å². The molecule has 0 spiro atoms. The fourth-order valence-electron chi connectivity index (χ4n) is 4.14. The molecule has 0 unspecified atom stereocenters. The summed E-state index contributed by atoms with van der Waals surface area (Å²) in [7, 11) is 10.8. The first-order chi connectivity index (χ1) is 14.5. The highest BCUT2D eigenvalue weighted by atomic mass is 16.7. The predicted molar refractivity (Wildman–Crippen MR) is 102 cm³/mol. The molecule has 0 amide bonds. The van der Waals surface area contributed by atoms with E-state index in [0.29, 0.717) is 0 Å². The first kappa shape index (κ1) is 25.8. The molecule has 0 saturated carbocycles. The van der Waals surface area contributed by atoms with Gasteiger partial charge in [-0.25, -0.2) is 0 Å². The van der Waals surface area contributed by atoms with Gasteiger partial charge in [0.25, 0.3) is 0 Å². The van der Waals surface area contributed by atoms with Gasteiger partial charge in [0, 0.05) is 49.8 Å². The maximum absolute atomic E-state index is 10.3. The molecule has 2 aliphatic rings. The third-order valence-electron chi connectivity index (χ3n) is 5.59. The van der Waals surface area contributed by atoms with Gasteiger partial charge in [-0.3, -0.25) is 0 Å². The van der Waals surface area contributed by atoms with E-state index >= 15 is 0 Å². The van der Waals surface area contributed by atoms with Crippen LogP contribution in [0.2, 0.25) is 0 Å². The van der Waals surface area contributed by atoms with Gasteiger partial charge >= 0.3 is 0 Å². The number of aliphatic hydroxyl groups excluding tert-OH is 1. The van der Waals surface area contributed by atoms with Crippen molar-refractivity contribution in [2.24, 2.45) is 0 Å². The minimum absolute atomic E-state index is 0.0458. The van der Waals surface area contributed by atoms with Crippen molar-refractivity contribution in [3.63, 3.8) is 0 Å². The van der Waals surface area contributed by atoms with Crippen LogP contribution in [0.3, 0.4) is 0 Å². The monoisotopic (exact) mass is 440 g/mol. The van der Waals surface area contributed by atoms with Gasteiger partial charge in [-0.1, -0.05) is 0 Å². The van der Waals surface area contributed by atoms with E-state index in [1.807, 2.05) is 0 Å². The highest BCUT2D eigenvalue weighted by Crippen LogP contribution is 2.30. The molecule has 0 bridgehead atoms. The molecule has 10 atom stereocenters. The van der Waals surface area contributed by atoms with E-state index in [-0.39, 0.29) is 13.2 Å².